The zero-order chi connectivity index (χ0) is 21.1. The summed E-state index contributed by atoms with van der Waals surface area (Å²) in [6, 6.07) is 16.7. The second kappa shape index (κ2) is 8.59. The minimum absolute atomic E-state index is 0.136. The van der Waals surface area contributed by atoms with Crippen molar-refractivity contribution < 1.29 is 19.0 Å². The Morgan fingerprint density at radius 3 is 2.50 bits per heavy atom. The molecule has 0 spiro atoms. The largest absolute Gasteiger partial charge is 0.497 e. The predicted octanol–water partition coefficient (Wildman–Crippen LogP) is 4.77. The highest BCUT2D eigenvalue weighted by Crippen LogP contribution is 2.40. The standard InChI is InChI=1S/C23H22N2O4S/c1-27-15-10-11-16(21(13-15)29-3)18-14-19(17-7-4-5-8-20(17)28-2)25(24-18)23(26)22-9-6-12-30-22/h4-13,19H,14H2,1-3H3. The van der Waals surface area contributed by atoms with Crippen molar-refractivity contribution in [3.63, 3.8) is 0 Å². The molecule has 0 saturated carbocycles. The van der Waals surface area contributed by atoms with Gasteiger partial charge in [0, 0.05) is 23.6 Å². The highest BCUT2D eigenvalue weighted by Gasteiger charge is 2.36. The number of hydrazone groups is 1. The maximum atomic E-state index is 13.3. The summed E-state index contributed by atoms with van der Waals surface area (Å²) >= 11 is 1.40. The van der Waals surface area contributed by atoms with Crippen LogP contribution in [-0.2, 0) is 0 Å². The van der Waals surface area contributed by atoms with Crippen LogP contribution in [0.4, 0.5) is 0 Å². The number of ether oxygens (including phenoxy) is 3. The lowest BCUT2D eigenvalue weighted by molar-refractivity contribution is 0.0714. The molecule has 4 rings (SSSR count). The molecule has 0 aliphatic carbocycles. The third-order valence-electron chi connectivity index (χ3n) is 5.07. The SMILES string of the molecule is COc1ccc(C2=NN(C(=O)c3cccs3)C(c3ccccc3OC)C2)c(OC)c1. The summed E-state index contributed by atoms with van der Waals surface area (Å²) in [4.78, 5) is 13.9. The number of carbonyl (C=O) groups excluding carboxylic acids is 1. The summed E-state index contributed by atoms with van der Waals surface area (Å²) in [7, 11) is 4.86. The molecule has 1 aliphatic heterocycles. The molecule has 0 fully saturated rings. The molecule has 1 aliphatic rings. The van der Waals surface area contributed by atoms with Crippen molar-refractivity contribution in [3.05, 3.63) is 76.0 Å². The van der Waals surface area contributed by atoms with E-state index in [9.17, 15) is 4.79 Å². The van der Waals surface area contributed by atoms with E-state index in [0.29, 0.717) is 22.8 Å². The van der Waals surface area contributed by atoms with Crippen molar-refractivity contribution >= 4 is 23.0 Å². The van der Waals surface area contributed by atoms with Gasteiger partial charge in [-0.1, -0.05) is 24.3 Å². The van der Waals surface area contributed by atoms with Gasteiger partial charge in [-0.25, -0.2) is 5.01 Å². The van der Waals surface area contributed by atoms with Gasteiger partial charge in [-0.05, 0) is 29.6 Å². The van der Waals surface area contributed by atoms with Gasteiger partial charge < -0.3 is 14.2 Å². The molecule has 2 heterocycles. The first-order valence-corrected chi connectivity index (χ1v) is 10.3. The summed E-state index contributed by atoms with van der Waals surface area (Å²) in [6.07, 6.45) is 0.542. The van der Waals surface area contributed by atoms with Crippen molar-refractivity contribution in [2.45, 2.75) is 12.5 Å². The first-order valence-electron chi connectivity index (χ1n) is 9.46. The van der Waals surface area contributed by atoms with Gasteiger partial charge in [-0.2, -0.15) is 5.10 Å². The molecule has 30 heavy (non-hydrogen) atoms. The number of amides is 1. The number of hydrogen-bond donors (Lipinski definition) is 0. The van der Waals surface area contributed by atoms with Gasteiger partial charge in [0.05, 0.1) is 38.0 Å². The summed E-state index contributed by atoms with van der Waals surface area (Å²) in [6.45, 7) is 0. The van der Waals surface area contributed by atoms with Gasteiger partial charge >= 0.3 is 0 Å². The predicted molar refractivity (Wildman–Crippen MR) is 117 cm³/mol. The molecule has 1 aromatic heterocycles. The van der Waals surface area contributed by atoms with E-state index in [-0.39, 0.29) is 11.9 Å². The number of benzene rings is 2. The molecule has 2 aromatic carbocycles. The zero-order valence-corrected chi connectivity index (χ0v) is 17.8. The lowest BCUT2D eigenvalue weighted by Gasteiger charge is -2.23. The van der Waals surface area contributed by atoms with Gasteiger partial charge in [-0.15, -0.1) is 11.3 Å². The molecule has 6 nitrogen and oxygen atoms in total. The van der Waals surface area contributed by atoms with Gasteiger partial charge in [0.15, 0.2) is 0 Å². The number of hydrogen-bond acceptors (Lipinski definition) is 6. The fourth-order valence-corrected chi connectivity index (χ4v) is 4.25. The molecule has 154 valence electrons. The number of methoxy groups -OCH3 is 3. The van der Waals surface area contributed by atoms with Crippen molar-refractivity contribution in [1.29, 1.82) is 0 Å². The summed E-state index contributed by atoms with van der Waals surface area (Å²) in [5.41, 5.74) is 2.52. The molecule has 0 saturated heterocycles. The monoisotopic (exact) mass is 422 g/mol. The lowest BCUT2D eigenvalue weighted by atomic mass is 9.97. The van der Waals surface area contributed by atoms with Crippen LogP contribution in [0.1, 0.15) is 33.3 Å². The first kappa shape index (κ1) is 20.0. The van der Waals surface area contributed by atoms with E-state index in [1.165, 1.54) is 11.3 Å². The third kappa shape index (κ3) is 3.64. The van der Waals surface area contributed by atoms with E-state index in [0.717, 1.165) is 22.6 Å². The van der Waals surface area contributed by atoms with Gasteiger partial charge in [0.25, 0.3) is 5.91 Å². The van der Waals surface area contributed by atoms with E-state index in [1.807, 2.05) is 60.0 Å². The number of para-hydroxylation sites is 1. The van der Waals surface area contributed by atoms with Crippen LogP contribution < -0.4 is 14.2 Å². The average molecular weight is 423 g/mol. The number of rotatable bonds is 6. The fourth-order valence-electron chi connectivity index (χ4n) is 3.59. The number of carbonyl (C=O) groups is 1. The third-order valence-corrected chi connectivity index (χ3v) is 5.93. The quantitative estimate of drug-likeness (QED) is 0.574. The van der Waals surface area contributed by atoms with Crippen molar-refractivity contribution in [3.8, 4) is 17.2 Å². The van der Waals surface area contributed by atoms with Gasteiger partial charge in [0.2, 0.25) is 0 Å². The molecule has 0 N–H and O–H groups in total. The maximum absolute atomic E-state index is 13.3. The maximum Gasteiger partial charge on any atom is 0.284 e. The van der Waals surface area contributed by atoms with Crippen LogP contribution in [0.25, 0.3) is 0 Å². The molecule has 0 bridgehead atoms. The number of thiophene rings is 1. The van der Waals surface area contributed by atoms with Crippen LogP contribution in [0.15, 0.2) is 65.1 Å². The average Bonchev–Trinajstić information content (AvgIpc) is 3.48. The molecule has 1 atom stereocenters. The topological polar surface area (TPSA) is 60.4 Å². The van der Waals surface area contributed by atoms with Gasteiger partial charge in [0.1, 0.15) is 17.2 Å². The minimum atomic E-state index is -0.280. The number of nitrogens with zero attached hydrogens (tertiary/aromatic N) is 2. The van der Waals surface area contributed by atoms with Crippen LogP contribution in [0.5, 0.6) is 17.2 Å². The van der Waals surface area contributed by atoms with Crippen LogP contribution in [0.3, 0.4) is 0 Å². The molecular formula is C23H22N2O4S. The lowest BCUT2D eigenvalue weighted by Crippen LogP contribution is -2.26. The van der Waals surface area contributed by atoms with Crippen LogP contribution in [0, 0.1) is 0 Å². The van der Waals surface area contributed by atoms with Crippen molar-refractivity contribution in [2.24, 2.45) is 5.10 Å². The Kier molecular flexibility index (Phi) is 5.72. The van der Waals surface area contributed by atoms with E-state index in [4.69, 9.17) is 19.3 Å². The summed E-state index contributed by atoms with van der Waals surface area (Å²) in [5, 5.41) is 8.19. The molecule has 1 amide bonds. The molecular weight excluding hydrogens is 400 g/mol. The van der Waals surface area contributed by atoms with E-state index in [1.54, 1.807) is 26.3 Å². The zero-order valence-electron chi connectivity index (χ0n) is 17.0. The van der Waals surface area contributed by atoms with Crippen LogP contribution >= 0.6 is 11.3 Å². The van der Waals surface area contributed by atoms with E-state index >= 15 is 0 Å². The Balaban J connectivity index is 1.78. The van der Waals surface area contributed by atoms with E-state index in [2.05, 4.69) is 0 Å². The van der Waals surface area contributed by atoms with Crippen molar-refractivity contribution in [1.82, 2.24) is 5.01 Å². The second-order valence-corrected chi connectivity index (χ2v) is 7.65. The van der Waals surface area contributed by atoms with Crippen LogP contribution in [0.2, 0.25) is 0 Å². The fraction of sp³-hybridized carbons (Fsp3) is 0.217. The first-order chi connectivity index (χ1) is 14.7. The molecule has 1 unspecified atom stereocenters. The molecule has 0 radical (unpaired) electrons. The minimum Gasteiger partial charge on any atom is -0.497 e. The van der Waals surface area contributed by atoms with Gasteiger partial charge in [-0.3, -0.25) is 4.79 Å². The normalized spacial score (nSPS) is 15.6. The summed E-state index contributed by atoms with van der Waals surface area (Å²) in [5.74, 6) is 1.94. The Morgan fingerprint density at radius 2 is 1.80 bits per heavy atom. The highest BCUT2D eigenvalue weighted by atomic mass is 32.1. The highest BCUT2D eigenvalue weighted by molar-refractivity contribution is 7.12. The molecule has 3 aromatic rings. The van der Waals surface area contributed by atoms with Crippen molar-refractivity contribution in [2.75, 3.05) is 21.3 Å². The Bertz CT molecular complexity index is 1080. The smallest absolute Gasteiger partial charge is 0.284 e. The Hall–Kier alpha value is -3.32. The molecule has 7 heteroatoms. The van der Waals surface area contributed by atoms with E-state index < -0.39 is 0 Å². The summed E-state index contributed by atoms with van der Waals surface area (Å²) < 4.78 is 16.4. The van der Waals surface area contributed by atoms with Crippen LogP contribution in [-0.4, -0.2) is 38.0 Å². The Labute approximate surface area is 179 Å². The Morgan fingerprint density at radius 1 is 1.00 bits per heavy atom. The second-order valence-electron chi connectivity index (χ2n) is 6.70.